The van der Waals surface area contributed by atoms with Gasteiger partial charge in [0.25, 0.3) is 0 Å². The van der Waals surface area contributed by atoms with Gasteiger partial charge in [0, 0.05) is 31.7 Å². The smallest absolute Gasteiger partial charge is 0.228 e. The van der Waals surface area contributed by atoms with Crippen molar-refractivity contribution in [3.8, 4) is 0 Å². The van der Waals surface area contributed by atoms with Gasteiger partial charge in [-0.15, -0.1) is 0 Å². The number of amides is 1. The number of carbonyl (C=O) groups is 1. The molecule has 90 valence electrons. The molecule has 1 heterocycles. The molecule has 1 amide bonds. The summed E-state index contributed by atoms with van der Waals surface area (Å²) in [6.45, 7) is 3.32. The predicted molar refractivity (Wildman–Crippen MR) is 56.8 cm³/mol. The van der Waals surface area contributed by atoms with E-state index in [2.05, 4.69) is 10.0 Å². The van der Waals surface area contributed by atoms with Gasteiger partial charge in [-0.25, -0.2) is 0 Å². The lowest BCUT2D eigenvalue weighted by Crippen LogP contribution is -2.31. The first-order valence-corrected chi connectivity index (χ1v) is 5.16. The summed E-state index contributed by atoms with van der Waals surface area (Å²) in [5.41, 5.74) is 8.13. The minimum Gasteiger partial charge on any atom is -0.377 e. The van der Waals surface area contributed by atoms with Gasteiger partial charge in [0.2, 0.25) is 5.91 Å². The van der Waals surface area contributed by atoms with Gasteiger partial charge in [-0.3, -0.25) is 4.79 Å². The molecule has 0 unspecified atom stereocenters. The largest absolute Gasteiger partial charge is 0.377 e. The van der Waals surface area contributed by atoms with Crippen molar-refractivity contribution in [1.29, 1.82) is 0 Å². The summed E-state index contributed by atoms with van der Waals surface area (Å²) in [6, 6.07) is 0. The topological polar surface area (TPSA) is 87.5 Å². The van der Waals surface area contributed by atoms with Gasteiger partial charge < -0.3 is 14.4 Å². The Morgan fingerprint density at radius 3 is 2.81 bits per heavy atom. The maximum Gasteiger partial charge on any atom is 0.228 e. The number of nitrogens with zero attached hydrogens (tertiary/aromatic N) is 4. The highest BCUT2D eigenvalue weighted by molar-refractivity contribution is 5.78. The van der Waals surface area contributed by atoms with Crippen molar-refractivity contribution in [3.63, 3.8) is 0 Å². The van der Waals surface area contributed by atoms with E-state index < -0.39 is 0 Å². The quantitative estimate of drug-likeness (QED) is 0.391. The minimum absolute atomic E-state index is 0.0926. The Morgan fingerprint density at radius 1 is 1.56 bits per heavy atom. The molecule has 1 aliphatic heterocycles. The number of ether oxygens (including phenoxy) is 2. The van der Waals surface area contributed by atoms with Crippen LogP contribution in [0, 0.1) is 0 Å². The van der Waals surface area contributed by atoms with E-state index >= 15 is 0 Å². The Morgan fingerprint density at radius 2 is 2.25 bits per heavy atom. The van der Waals surface area contributed by atoms with E-state index in [-0.39, 0.29) is 24.7 Å². The second kappa shape index (κ2) is 6.32. The Balaban J connectivity index is 2.52. The fourth-order valence-electron chi connectivity index (χ4n) is 1.74. The molecule has 0 N–H and O–H groups in total. The highest BCUT2D eigenvalue weighted by atomic mass is 16.5. The summed E-state index contributed by atoms with van der Waals surface area (Å²) >= 11 is 0. The third-order valence-corrected chi connectivity index (χ3v) is 2.52. The van der Waals surface area contributed by atoms with Crippen LogP contribution in [0.1, 0.15) is 6.92 Å². The Labute approximate surface area is 93.9 Å². The average molecular weight is 228 g/mol. The van der Waals surface area contributed by atoms with Crippen molar-refractivity contribution in [2.75, 3.05) is 33.4 Å². The molecule has 0 radical (unpaired) electrons. The van der Waals surface area contributed by atoms with E-state index in [9.17, 15) is 4.79 Å². The Kier molecular flexibility index (Phi) is 5.04. The normalized spacial score (nSPS) is 24.2. The van der Waals surface area contributed by atoms with Crippen LogP contribution >= 0.6 is 0 Å². The molecule has 1 aliphatic rings. The molecule has 1 fully saturated rings. The standard InChI is InChI=1S/C9H16N4O3/c1-3-16-8-6-13(5-7(8)15-2)9(14)4-11-12-10/h7-8H,3-6H2,1-2H3/t7-,8+/m1/s1. The van der Waals surface area contributed by atoms with Gasteiger partial charge in [-0.1, -0.05) is 5.11 Å². The summed E-state index contributed by atoms with van der Waals surface area (Å²) < 4.78 is 10.7. The van der Waals surface area contributed by atoms with Crippen molar-refractivity contribution in [2.24, 2.45) is 5.11 Å². The zero-order chi connectivity index (χ0) is 12.0. The van der Waals surface area contributed by atoms with Gasteiger partial charge in [0.1, 0.15) is 18.8 Å². The molecule has 7 nitrogen and oxygen atoms in total. The molecule has 7 heteroatoms. The number of likely N-dealkylation sites (tertiary alicyclic amines) is 1. The van der Waals surface area contributed by atoms with Crippen molar-refractivity contribution in [1.82, 2.24) is 4.90 Å². The zero-order valence-electron chi connectivity index (χ0n) is 9.50. The van der Waals surface area contributed by atoms with Crippen molar-refractivity contribution < 1.29 is 14.3 Å². The lowest BCUT2D eigenvalue weighted by molar-refractivity contribution is -0.129. The third kappa shape index (κ3) is 3.10. The Hall–Kier alpha value is -1.30. The first-order chi connectivity index (χ1) is 7.72. The van der Waals surface area contributed by atoms with Crippen LogP contribution in [0.5, 0.6) is 0 Å². The number of hydrogen-bond acceptors (Lipinski definition) is 4. The predicted octanol–water partition coefficient (Wildman–Crippen LogP) is 0.559. The summed E-state index contributed by atoms with van der Waals surface area (Å²) in [5.74, 6) is -0.193. The lowest BCUT2D eigenvalue weighted by atomic mass is 10.2. The van der Waals surface area contributed by atoms with Crippen LogP contribution in [0.4, 0.5) is 0 Å². The van der Waals surface area contributed by atoms with Crippen LogP contribution in [0.15, 0.2) is 5.11 Å². The van der Waals surface area contributed by atoms with E-state index in [0.29, 0.717) is 19.7 Å². The maximum atomic E-state index is 11.6. The van der Waals surface area contributed by atoms with E-state index in [0.717, 1.165) is 0 Å². The van der Waals surface area contributed by atoms with Crippen molar-refractivity contribution in [3.05, 3.63) is 10.4 Å². The van der Waals surface area contributed by atoms with Crippen LogP contribution in [0.2, 0.25) is 0 Å². The van der Waals surface area contributed by atoms with Crippen LogP contribution in [0.25, 0.3) is 10.4 Å². The molecule has 16 heavy (non-hydrogen) atoms. The second-order valence-corrected chi connectivity index (χ2v) is 3.46. The number of hydrogen-bond donors (Lipinski definition) is 0. The summed E-state index contributed by atoms with van der Waals surface area (Å²) in [5, 5.41) is 3.25. The van der Waals surface area contributed by atoms with Gasteiger partial charge in [0.15, 0.2) is 0 Å². The number of carbonyl (C=O) groups excluding carboxylic acids is 1. The second-order valence-electron chi connectivity index (χ2n) is 3.46. The van der Waals surface area contributed by atoms with Gasteiger partial charge in [-0.2, -0.15) is 0 Å². The SMILES string of the molecule is CCO[C@H]1CN(C(=O)CN=[N+]=[N-])C[C@H]1OC. The summed E-state index contributed by atoms with van der Waals surface area (Å²) in [4.78, 5) is 15.7. The van der Waals surface area contributed by atoms with Gasteiger partial charge in [-0.05, 0) is 12.5 Å². The molecule has 0 aromatic heterocycles. The first-order valence-electron chi connectivity index (χ1n) is 5.16. The lowest BCUT2D eigenvalue weighted by Gasteiger charge is -2.15. The monoisotopic (exact) mass is 228 g/mol. The number of methoxy groups -OCH3 is 1. The molecule has 0 aromatic rings. The zero-order valence-corrected chi connectivity index (χ0v) is 9.50. The van der Waals surface area contributed by atoms with Gasteiger partial charge >= 0.3 is 0 Å². The third-order valence-electron chi connectivity index (χ3n) is 2.52. The highest BCUT2D eigenvalue weighted by Crippen LogP contribution is 2.16. The van der Waals surface area contributed by atoms with E-state index in [1.54, 1.807) is 12.0 Å². The van der Waals surface area contributed by atoms with Crippen LogP contribution in [0.3, 0.4) is 0 Å². The molecule has 1 rings (SSSR count). The average Bonchev–Trinajstić information content (AvgIpc) is 2.69. The van der Waals surface area contributed by atoms with E-state index in [4.69, 9.17) is 15.0 Å². The molecule has 1 saturated heterocycles. The molecule has 0 saturated carbocycles. The maximum absolute atomic E-state index is 11.6. The molecule has 0 aliphatic carbocycles. The number of rotatable bonds is 5. The molecule has 2 atom stereocenters. The molecular formula is C9H16N4O3. The van der Waals surface area contributed by atoms with Crippen molar-refractivity contribution in [2.45, 2.75) is 19.1 Å². The van der Waals surface area contributed by atoms with Crippen LogP contribution < -0.4 is 0 Å². The summed E-state index contributed by atoms with van der Waals surface area (Å²) in [6.07, 6.45) is -0.194. The summed E-state index contributed by atoms with van der Waals surface area (Å²) in [7, 11) is 1.60. The fourth-order valence-corrected chi connectivity index (χ4v) is 1.74. The molecule has 0 bridgehead atoms. The van der Waals surface area contributed by atoms with Crippen LogP contribution in [-0.2, 0) is 14.3 Å². The van der Waals surface area contributed by atoms with Crippen molar-refractivity contribution >= 4 is 5.91 Å². The first kappa shape index (κ1) is 12.8. The van der Waals surface area contributed by atoms with E-state index in [1.165, 1.54) is 0 Å². The molecule has 0 aromatic carbocycles. The minimum atomic E-state index is -0.193. The van der Waals surface area contributed by atoms with Gasteiger partial charge in [0.05, 0.1) is 0 Å². The highest BCUT2D eigenvalue weighted by Gasteiger charge is 2.35. The fraction of sp³-hybridized carbons (Fsp3) is 0.889. The number of azide groups is 1. The molecular weight excluding hydrogens is 212 g/mol. The van der Waals surface area contributed by atoms with Crippen LogP contribution in [-0.4, -0.2) is 56.4 Å². The Bertz CT molecular complexity index is 290. The molecule has 0 spiro atoms. The van der Waals surface area contributed by atoms with E-state index in [1.807, 2.05) is 6.92 Å².